The number of aryl methyl sites for hydroxylation is 1. The van der Waals surface area contributed by atoms with Crippen LogP contribution in [-0.4, -0.2) is 9.97 Å². The van der Waals surface area contributed by atoms with Crippen molar-refractivity contribution < 1.29 is 0 Å². The normalized spacial score (nSPS) is 10.4. The van der Waals surface area contributed by atoms with Gasteiger partial charge in [-0.15, -0.1) is 0 Å². The van der Waals surface area contributed by atoms with Gasteiger partial charge in [-0.2, -0.15) is 0 Å². The first-order valence-electron chi connectivity index (χ1n) is 4.17. The van der Waals surface area contributed by atoms with Crippen LogP contribution in [0.1, 0.15) is 5.56 Å². The number of H-pyrrole nitrogens is 1. The van der Waals surface area contributed by atoms with E-state index in [1.807, 2.05) is 13.0 Å². The number of aromatic nitrogens is 2. The molecule has 4 nitrogen and oxygen atoms in total. The summed E-state index contributed by atoms with van der Waals surface area (Å²) in [6.45, 7) is 1.91. The first kappa shape index (κ1) is 8.62. The van der Waals surface area contributed by atoms with E-state index in [0.717, 1.165) is 11.8 Å². The summed E-state index contributed by atoms with van der Waals surface area (Å²) in [5.74, 6) is 0. The van der Waals surface area contributed by atoms with Crippen molar-refractivity contribution >= 4 is 11.0 Å². The number of rotatable bonds is 0. The van der Waals surface area contributed by atoms with Gasteiger partial charge in [-0.1, -0.05) is 6.07 Å². The van der Waals surface area contributed by atoms with Gasteiger partial charge in [-0.25, -0.2) is 0 Å². The second kappa shape index (κ2) is 3.06. The number of nitrogens with one attached hydrogen (secondary N) is 1. The summed E-state index contributed by atoms with van der Waals surface area (Å²) in [6, 6.07) is 5.42. The number of hydrogen-bond donors (Lipinski definition) is 1. The average Bonchev–Trinajstić information content (AvgIpc) is 2.27. The average molecular weight is 188 g/mol. The minimum atomic E-state index is -0.641. The van der Waals surface area contributed by atoms with E-state index >= 15 is 0 Å². The lowest BCUT2D eigenvalue weighted by Crippen LogP contribution is -2.22. The number of fused-ring (bicyclic) bond motifs is 1. The molecule has 0 bridgehead atoms. The highest BCUT2D eigenvalue weighted by atomic mass is 16.2. The highest BCUT2D eigenvalue weighted by molar-refractivity contribution is 5.73. The van der Waals surface area contributed by atoms with Gasteiger partial charge in [0.05, 0.1) is 17.2 Å². The first-order chi connectivity index (χ1) is 6.66. The molecule has 1 heterocycles. The zero-order valence-corrected chi connectivity index (χ0v) is 7.57. The maximum absolute atomic E-state index is 11.1. The predicted octanol–water partition coefficient (Wildman–Crippen LogP) is 0.592. The molecule has 4 heteroatoms. The van der Waals surface area contributed by atoms with Crippen LogP contribution in [-0.2, 0) is 0 Å². The van der Waals surface area contributed by atoms with E-state index in [0.29, 0.717) is 11.0 Å². The first-order valence-corrected chi connectivity index (χ1v) is 4.17. The van der Waals surface area contributed by atoms with E-state index in [9.17, 15) is 9.59 Å². The molecule has 0 aliphatic heterocycles. The molecule has 1 aromatic heterocycles. The fraction of sp³-hybridized carbons (Fsp3) is 0.100. The summed E-state index contributed by atoms with van der Waals surface area (Å²) in [6.07, 6.45) is 1.04. The lowest BCUT2D eigenvalue weighted by atomic mass is 10.2. The maximum Gasteiger partial charge on any atom is 0.297 e. The molecule has 0 spiro atoms. The maximum atomic E-state index is 11.1. The SMILES string of the molecule is Cc1ccc2ncc(=O)c(=O)[nH]c2c1. The van der Waals surface area contributed by atoms with E-state index in [-0.39, 0.29) is 0 Å². The van der Waals surface area contributed by atoms with Gasteiger partial charge in [0.1, 0.15) is 0 Å². The zero-order valence-electron chi connectivity index (χ0n) is 7.57. The van der Waals surface area contributed by atoms with Gasteiger partial charge in [0, 0.05) is 0 Å². The third-order valence-corrected chi connectivity index (χ3v) is 1.94. The summed E-state index contributed by atoms with van der Waals surface area (Å²) >= 11 is 0. The molecule has 0 fully saturated rings. The Balaban J connectivity index is 3.01. The van der Waals surface area contributed by atoms with Crippen LogP contribution in [0.15, 0.2) is 34.0 Å². The van der Waals surface area contributed by atoms with Gasteiger partial charge < -0.3 is 4.98 Å². The summed E-state index contributed by atoms with van der Waals surface area (Å²) in [7, 11) is 0. The van der Waals surface area contributed by atoms with Gasteiger partial charge in [0.15, 0.2) is 0 Å². The highest BCUT2D eigenvalue weighted by Crippen LogP contribution is 2.07. The smallest absolute Gasteiger partial charge is 0.297 e. The molecule has 0 atom stereocenters. The molecule has 70 valence electrons. The molecule has 0 saturated heterocycles. The lowest BCUT2D eigenvalue weighted by Gasteiger charge is -1.92. The molecule has 14 heavy (non-hydrogen) atoms. The molecule has 2 aromatic rings. The van der Waals surface area contributed by atoms with Crippen molar-refractivity contribution in [3.05, 3.63) is 50.5 Å². The van der Waals surface area contributed by atoms with Crippen molar-refractivity contribution in [1.29, 1.82) is 0 Å². The minimum Gasteiger partial charge on any atom is -0.317 e. The van der Waals surface area contributed by atoms with Gasteiger partial charge in [0.25, 0.3) is 11.0 Å². The van der Waals surface area contributed by atoms with Crippen LogP contribution in [0, 0.1) is 6.92 Å². The van der Waals surface area contributed by atoms with E-state index in [2.05, 4.69) is 9.97 Å². The number of nitrogens with zero attached hydrogens (tertiary/aromatic N) is 1. The topological polar surface area (TPSA) is 62.8 Å². The van der Waals surface area contributed by atoms with Crippen LogP contribution in [0.4, 0.5) is 0 Å². The van der Waals surface area contributed by atoms with E-state index < -0.39 is 11.0 Å². The van der Waals surface area contributed by atoms with E-state index in [1.54, 1.807) is 12.1 Å². The Morgan fingerprint density at radius 3 is 2.86 bits per heavy atom. The minimum absolute atomic E-state index is 0.581. The molecule has 1 aromatic carbocycles. The molecule has 1 N–H and O–H groups in total. The van der Waals surface area contributed by atoms with Crippen LogP contribution in [0.2, 0.25) is 0 Å². The highest BCUT2D eigenvalue weighted by Gasteiger charge is 1.96. The Kier molecular flexibility index (Phi) is 1.89. The Hall–Kier alpha value is -1.97. The molecular weight excluding hydrogens is 180 g/mol. The Morgan fingerprint density at radius 1 is 1.29 bits per heavy atom. The summed E-state index contributed by atoms with van der Waals surface area (Å²) < 4.78 is 0. The lowest BCUT2D eigenvalue weighted by molar-refractivity contribution is 1.27. The van der Waals surface area contributed by atoms with Crippen molar-refractivity contribution in [1.82, 2.24) is 9.97 Å². The molecule has 0 aliphatic carbocycles. The standard InChI is InChI=1S/C10H8N2O2/c1-6-2-3-7-8(4-6)12-10(14)9(13)5-11-7/h2-5H,1H3,(H,12,13,14). The summed E-state index contributed by atoms with van der Waals surface area (Å²) in [4.78, 5) is 28.5. The second-order valence-corrected chi connectivity index (χ2v) is 3.10. The molecule has 0 saturated carbocycles. The monoisotopic (exact) mass is 188 g/mol. The second-order valence-electron chi connectivity index (χ2n) is 3.10. The molecule has 0 radical (unpaired) electrons. The summed E-state index contributed by atoms with van der Waals surface area (Å²) in [5.41, 5.74) is 0.928. The zero-order chi connectivity index (χ0) is 10.1. The summed E-state index contributed by atoms with van der Waals surface area (Å²) in [5, 5.41) is 0. The van der Waals surface area contributed by atoms with Crippen LogP contribution < -0.4 is 11.0 Å². The molecule has 2 rings (SSSR count). The molecule has 0 unspecified atom stereocenters. The van der Waals surface area contributed by atoms with Crippen LogP contribution >= 0.6 is 0 Å². The number of aromatic amines is 1. The Labute approximate surface area is 79.3 Å². The van der Waals surface area contributed by atoms with Gasteiger partial charge >= 0.3 is 0 Å². The molecule has 0 aliphatic rings. The van der Waals surface area contributed by atoms with Crippen molar-refractivity contribution in [3.8, 4) is 0 Å². The van der Waals surface area contributed by atoms with Crippen LogP contribution in [0.25, 0.3) is 11.0 Å². The van der Waals surface area contributed by atoms with Gasteiger partial charge in [-0.05, 0) is 24.6 Å². The predicted molar refractivity (Wildman–Crippen MR) is 53.4 cm³/mol. The fourth-order valence-electron chi connectivity index (χ4n) is 1.23. The van der Waals surface area contributed by atoms with Crippen molar-refractivity contribution in [2.75, 3.05) is 0 Å². The molecular formula is C10H8N2O2. The van der Waals surface area contributed by atoms with Crippen molar-refractivity contribution in [2.45, 2.75) is 6.92 Å². The number of hydrogen-bond acceptors (Lipinski definition) is 3. The fourth-order valence-corrected chi connectivity index (χ4v) is 1.23. The van der Waals surface area contributed by atoms with Crippen LogP contribution in [0.5, 0.6) is 0 Å². The largest absolute Gasteiger partial charge is 0.317 e. The third-order valence-electron chi connectivity index (χ3n) is 1.94. The Bertz CT molecular complexity index is 602. The van der Waals surface area contributed by atoms with E-state index in [1.165, 1.54) is 0 Å². The van der Waals surface area contributed by atoms with E-state index in [4.69, 9.17) is 0 Å². The number of benzene rings is 1. The van der Waals surface area contributed by atoms with Gasteiger partial charge in [-0.3, -0.25) is 14.6 Å². The van der Waals surface area contributed by atoms with Crippen molar-refractivity contribution in [2.24, 2.45) is 0 Å². The van der Waals surface area contributed by atoms with Crippen molar-refractivity contribution in [3.63, 3.8) is 0 Å². The molecule has 0 amide bonds. The quantitative estimate of drug-likeness (QED) is 0.615. The Morgan fingerprint density at radius 2 is 2.07 bits per heavy atom. The van der Waals surface area contributed by atoms with Crippen LogP contribution in [0.3, 0.4) is 0 Å². The van der Waals surface area contributed by atoms with Gasteiger partial charge in [0.2, 0.25) is 0 Å². The third kappa shape index (κ3) is 1.42.